The Bertz CT molecular complexity index is 1240. The average molecular weight is 564 g/mol. The number of para-hydroxylation sites is 1. The minimum atomic E-state index is -0.129. The third-order valence-electron chi connectivity index (χ3n) is 11.4. The number of hydrazone groups is 1. The molecule has 2 heterocycles. The van der Waals surface area contributed by atoms with Crippen LogP contribution in [-0.4, -0.2) is 16.9 Å². The fourth-order valence-electron chi connectivity index (χ4n) is 9.50. The SMILES string of the molecule is C[C@]12CC[C@H]3[C@@H](CC=C4C[C@@H](O)CC[C@@]43C)[C@@H]1CC[C@@H]2C1=NN(c2ccccc2Br)C(c2ccco2)C1. The number of hydrogen-bond acceptors (Lipinski definition) is 4. The van der Waals surface area contributed by atoms with Gasteiger partial charge in [0.05, 0.1) is 18.1 Å². The second-order valence-electron chi connectivity index (χ2n) is 13.0. The smallest absolute Gasteiger partial charge is 0.128 e. The van der Waals surface area contributed by atoms with E-state index in [4.69, 9.17) is 9.52 Å². The first kappa shape index (κ1) is 24.2. The molecule has 1 N–H and O–H groups in total. The van der Waals surface area contributed by atoms with E-state index in [9.17, 15) is 5.11 Å². The van der Waals surface area contributed by atoms with Crippen LogP contribution in [0.15, 0.2) is 68.3 Å². The van der Waals surface area contributed by atoms with Crippen molar-refractivity contribution in [3.63, 3.8) is 0 Å². The third kappa shape index (κ3) is 3.66. The first-order valence-electron chi connectivity index (χ1n) is 14.4. The summed E-state index contributed by atoms with van der Waals surface area (Å²) in [6.45, 7) is 5.13. The maximum atomic E-state index is 10.3. The first-order chi connectivity index (χ1) is 17.9. The number of furan rings is 1. The molecule has 0 bridgehead atoms. The molecule has 3 saturated carbocycles. The predicted octanol–water partition coefficient (Wildman–Crippen LogP) is 8.29. The maximum absolute atomic E-state index is 10.3. The van der Waals surface area contributed by atoms with E-state index in [2.05, 4.69) is 71.2 Å². The first-order valence-corrected chi connectivity index (χ1v) is 15.2. The normalized spacial score (nSPS) is 41.0. The molecule has 5 aliphatic rings. The Morgan fingerprint density at radius 1 is 1.00 bits per heavy atom. The van der Waals surface area contributed by atoms with E-state index < -0.39 is 0 Å². The van der Waals surface area contributed by atoms with Crippen molar-refractivity contribution in [1.82, 2.24) is 0 Å². The van der Waals surface area contributed by atoms with Crippen LogP contribution in [0.3, 0.4) is 0 Å². The number of fused-ring (bicyclic) bond motifs is 5. The molecule has 4 nitrogen and oxygen atoms in total. The molecule has 3 fully saturated rings. The predicted molar refractivity (Wildman–Crippen MR) is 151 cm³/mol. The van der Waals surface area contributed by atoms with Crippen LogP contribution in [0.5, 0.6) is 0 Å². The van der Waals surface area contributed by atoms with Gasteiger partial charge >= 0.3 is 0 Å². The highest BCUT2D eigenvalue weighted by atomic mass is 79.9. The number of anilines is 1. The van der Waals surface area contributed by atoms with Crippen molar-refractivity contribution in [3.05, 3.63) is 64.5 Å². The summed E-state index contributed by atoms with van der Waals surface area (Å²) in [7, 11) is 0. The molecule has 0 saturated heterocycles. The Balaban J connectivity index is 1.20. The zero-order valence-electron chi connectivity index (χ0n) is 22.1. The molecule has 1 aromatic carbocycles. The topological polar surface area (TPSA) is 49.0 Å². The maximum Gasteiger partial charge on any atom is 0.128 e. The van der Waals surface area contributed by atoms with Gasteiger partial charge in [0, 0.05) is 22.5 Å². The van der Waals surface area contributed by atoms with E-state index in [0.29, 0.717) is 16.7 Å². The Morgan fingerprint density at radius 2 is 1.86 bits per heavy atom. The molecule has 1 unspecified atom stereocenters. The van der Waals surface area contributed by atoms with Gasteiger partial charge in [0.25, 0.3) is 0 Å². The third-order valence-corrected chi connectivity index (χ3v) is 12.1. The van der Waals surface area contributed by atoms with Gasteiger partial charge in [-0.25, -0.2) is 0 Å². The molecule has 37 heavy (non-hydrogen) atoms. The van der Waals surface area contributed by atoms with Crippen molar-refractivity contribution < 1.29 is 9.52 Å². The molecular weight excluding hydrogens is 524 g/mol. The molecule has 196 valence electrons. The minimum Gasteiger partial charge on any atom is -0.467 e. The van der Waals surface area contributed by atoms with Gasteiger partial charge in [-0.3, -0.25) is 5.01 Å². The quantitative estimate of drug-likeness (QED) is 0.382. The molecular formula is C32H39BrN2O2. The van der Waals surface area contributed by atoms with Gasteiger partial charge < -0.3 is 9.52 Å². The second-order valence-corrected chi connectivity index (χ2v) is 13.8. The van der Waals surface area contributed by atoms with Crippen LogP contribution in [0, 0.1) is 34.5 Å². The highest BCUT2D eigenvalue weighted by Gasteiger charge is 2.60. The molecule has 0 spiro atoms. The zero-order valence-corrected chi connectivity index (χ0v) is 23.7. The van der Waals surface area contributed by atoms with Crippen molar-refractivity contribution in [2.75, 3.05) is 5.01 Å². The number of benzene rings is 1. The Kier molecular flexibility index (Phi) is 5.78. The highest BCUT2D eigenvalue weighted by Crippen LogP contribution is 2.67. The number of halogens is 1. The van der Waals surface area contributed by atoms with Crippen LogP contribution in [0.4, 0.5) is 5.69 Å². The number of nitrogens with zero attached hydrogens (tertiary/aromatic N) is 2. The Labute approximate surface area is 229 Å². The van der Waals surface area contributed by atoms with Gasteiger partial charge in [-0.15, -0.1) is 0 Å². The van der Waals surface area contributed by atoms with Crippen LogP contribution >= 0.6 is 15.9 Å². The largest absolute Gasteiger partial charge is 0.467 e. The van der Waals surface area contributed by atoms with E-state index in [1.807, 2.05) is 6.07 Å². The van der Waals surface area contributed by atoms with E-state index >= 15 is 0 Å². The molecule has 1 aromatic heterocycles. The lowest BCUT2D eigenvalue weighted by Gasteiger charge is -2.58. The lowest BCUT2D eigenvalue weighted by molar-refractivity contribution is -0.0424. The molecule has 5 heteroatoms. The van der Waals surface area contributed by atoms with Gasteiger partial charge in [0.15, 0.2) is 0 Å². The van der Waals surface area contributed by atoms with E-state index in [-0.39, 0.29) is 12.1 Å². The summed E-state index contributed by atoms with van der Waals surface area (Å²) >= 11 is 3.78. The van der Waals surface area contributed by atoms with Crippen LogP contribution in [0.1, 0.15) is 83.4 Å². The molecule has 1 aliphatic heterocycles. The molecule has 0 radical (unpaired) electrons. The van der Waals surface area contributed by atoms with Crippen molar-refractivity contribution in [1.29, 1.82) is 0 Å². The molecule has 4 aliphatic carbocycles. The number of allylic oxidation sites excluding steroid dienone is 1. The lowest BCUT2D eigenvalue weighted by Crippen LogP contribution is -2.51. The summed E-state index contributed by atoms with van der Waals surface area (Å²) in [5.41, 5.74) is 4.66. The summed E-state index contributed by atoms with van der Waals surface area (Å²) in [6, 6.07) is 12.6. The zero-order chi connectivity index (χ0) is 25.4. The Morgan fingerprint density at radius 3 is 2.68 bits per heavy atom. The van der Waals surface area contributed by atoms with Gasteiger partial charge in [-0.1, -0.05) is 37.6 Å². The van der Waals surface area contributed by atoms with Crippen molar-refractivity contribution in [2.45, 2.75) is 83.8 Å². The van der Waals surface area contributed by atoms with Crippen molar-refractivity contribution in [2.24, 2.45) is 39.6 Å². The number of aliphatic hydroxyl groups is 1. The Hall–Kier alpha value is -1.85. The van der Waals surface area contributed by atoms with Gasteiger partial charge in [-0.2, -0.15) is 5.10 Å². The summed E-state index contributed by atoms with van der Waals surface area (Å²) in [4.78, 5) is 0. The minimum absolute atomic E-state index is 0.107. The molecule has 2 aromatic rings. The van der Waals surface area contributed by atoms with Crippen LogP contribution in [-0.2, 0) is 0 Å². The monoisotopic (exact) mass is 562 g/mol. The lowest BCUT2D eigenvalue weighted by atomic mass is 9.47. The highest BCUT2D eigenvalue weighted by molar-refractivity contribution is 9.10. The van der Waals surface area contributed by atoms with Gasteiger partial charge in [-0.05, 0) is 120 Å². The standard InChI is InChI=1S/C32H39BrN2O2/c1-31-15-13-21(36)18-20(31)9-10-22-23-11-12-25(32(23,2)16-14-24(22)31)27-19-29(30-8-5-17-37-30)35(34-27)28-7-4-3-6-26(28)33/h3-9,17,21-25,29,36H,10-16,18-19H2,1-2H3/t21-,22-,23-,24-,25+,29?,31-,32-/m0/s1. The van der Waals surface area contributed by atoms with Crippen LogP contribution < -0.4 is 5.01 Å². The number of aliphatic hydroxyl groups excluding tert-OH is 1. The average Bonchev–Trinajstić information content (AvgIpc) is 3.63. The van der Waals surface area contributed by atoms with Gasteiger partial charge in [0.1, 0.15) is 11.8 Å². The van der Waals surface area contributed by atoms with E-state index in [1.165, 1.54) is 37.8 Å². The van der Waals surface area contributed by atoms with E-state index in [1.54, 1.807) is 11.8 Å². The van der Waals surface area contributed by atoms with E-state index in [0.717, 1.165) is 59.4 Å². The van der Waals surface area contributed by atoms with Gasteiger partial charge in [0.2, 0.25) is 0 Å². The summed E-state index contributed by atoms with van der Waals surface area (Å²) in [5.74, 6) is 3.84. The van der Waals surface area contributed by atoms with Crippen LogP contribution in [0.25, 0.3) is 0 Å². The molecule has 7 rings (SSSR count). The van der Waals surface area contributed by atoms with Crippen molar-refractivity contribution >= 4 is 27.3 Å². The van der Waals surface area contributed by atoms with Crippen LogP contribution in [0.2, 0.25) is 0 Å². The summed E-state index contributed by atoms with van der Waals surface area (Å²) < 4.78 is 7.01. The van der Waals surface area contributed by atoms with Crippen molar-refractivity contribution in [3.8, 4) is 0 Å². The second kappa shape index (κ2) is 8.84. The fraction of sp³-hybridized carbons (Fsp3) is 0.594. The summed E-state index contributed by atoms with van der Waals surface area (Å²) in [5, 5.41) is 17.9. The number of hydrogen-bond donors (Lipinski definition) is 1. The number of rotatable bonds is 3. The molecule has 0 amide bonds. The fourth-order valence-corrected chi connectivity index (χ4v) is 9.96. The summed E-state index contributed by atoms with van der Waals surface area (Å²) in [6.07, 6.45) is 14.6. The molecule has 8 atom stereocenters.